The molecule has 0 aliphatic carbocycles. The Labute approximate surface area is 107 Å². The molecule has 2 aliphatic rings. The molecule has 0 aromatic rings. The molecule has 2 N–H and O–H groups in total. The average Bonchev–Trinajstić information content (AvgIpc) is 2.81. The highest BCUT2D eigenvalue weighted by atomic mass is 32.2. The van der Waals surface area contributed by atoms with Crippen LogP contribution in [0.25, 0.3) is 0 Å². The van der Waals surface area contributed by atoms with Crippen LogP contribution in [0.4, 0.5) is 0 Å². The zero-order chi connectivity index (χ0) is 12.1. The standard InChI is InChI=1S/C9H12N4O2S2/c14-1-3-16-8-6-7(11-5-10-6)12-9(13-8)17-4-2-15/h5-6,14-15H,1-4H2. The van der Waals surface area contributed by atoms with Crippen LogP contribution >= 0.6 is 23.5 Å². The summed E-state index contributed by atoms with van der Waals surface area (Å²) in [6.07, 6.45) is 1.48. The quantitative estimate of drug-likeness (QED) is 0.754. The van der Waals surface area contributed by atoms with Crippen LogP contribution in [-0.4, -0.2) is 63.4 Å². The number of aliphatic hydroxyl groups excluding tert-OH is 2. The summed E-state index contributed by atoms with van der Waals surface area (Å²) in [7, 11) is 0. The first-order valence-electron chi connectivity index (χ1n) is 5.09. The number of amidine groups is 2. The Hall–Kier alpha value is -0.700. The van der Waals surface area contributed by atoms with Crippen molar-refractivity contribution in [3.05, 3.63) is 0 Å². The van der Waals surface area contributed by atoms with Crippen molar-refractivity contribution >= 4 is 45.9 Å². The molecule has 2 aliphatic heterocycles. The SMILES string of the molecule is OCCSC1=NC2=NC=NC2C(SCCO)=N1. The van der Waals surface area contributed by atoms with Crippen LogP contribution < -0.4 is 0 Å². The Morgan fingerprint density at radius 3 is 2.65 bits per heavy atom. The van der Waals surface area contributed by atoms with E-state index in [0.717, 1.165) is 5.04 Å². The van der Waals surface area contributed by atoms with Crippen molar-refractivity contribution in [3.63, 3.8) is 0 Å². The number of rotatable bonds is 4. The molecule has 6 nitrogen and oxygen atoms in total. The maximum absolute atomic E-state index is 8.83. The van der Waals surface area contributed by atoms with E-state index in [1.54, 1.807) is 0 Å². The molecular formula is C9H12N4O2S2. The molecule has 0 radical (unpaired) electrons. The minimum atomic E-state index is -0.204. The fraction of sp³-hybridized carbons (Fsp3) is 0.556. The Morgan fingerprint density at radius 2 is 1.88 bits per heavy atom. The van der Waals surface area contributed by atoms with Crippen molar-refractivity contribution < 1.29 is 10.2 Å². The van der Waals surface area contributed by atoms with Crippen LogP contribution in [0, 0.1) is 0 Å². The van der Waals surface area contributed by atoms with E-state index < -0.39 is 0 Å². The van der Waals surface area contributed by atoms with Gasteiger partial charge in [0.1, 0.15) is 11.4 Å². The molecule has 0 saturated heterocycles. The lowest BCUT2D eigenvalue weighted by Crippen LogP contribution is -2.28. The monoisotopic (exact) mass is 272 g/mol. The fourth-order valence-corrected chi connectivity index (χ4v) is 2.73. The Balaban J connectivity index is 2.10. The summed E-state index contributed by atoms with van der Waals surface area (Å²) in [5.74, 6) is 1.77. The van der Waals surface area contributed by atoms with Gasteiger partial charge in [-0.3, -0.25) is 4.99 Å². The van der Waals surface area contributed by atoms with E-state index in [2.05, 4.69) is 20.0 Å². The lowest BCUT2D eigenvalue weighted by atomic mass is 10.3. The van der Waals surface area contributed by atoms with Crippen LogP contribution in [0.3, 0.4) is 0 Å². The third-order valence-electron chi connectivity index (χ3n) is 1.96. The minimum Gasteiger partial charge on any atom is -0.396 e. The van der Waals surface area contributed by atoms with Crippen molar-refractivity contribution in [3.8, 4) is 0 Å². The summed E-state index contributed by atoms with van der Waals surface area (Å²) in [5.41, 5.74) is 0. The molecule has 0 aromatic heterocycles. The van der Waals surface area contributed by atoms with Gasteiger partial charge in [0, 0.05) is 11.5 Å². The van der Waals surface area contributed by atoms with Gasteiger partial charge in [-0.15, -0.1) is 11.8 Å². The first kappa shape index (κ1) is 12.7. The minimum absolute atomic E-state index is 0.0880. The van der Waals surface area contributed by atoms with Crippen LogP contribution in [-0.2, 0) is 0 Å². The molecule has 0 bridgehead atoms. The van der Waals surface area contributed by atoms with Crippen molar-refractivity contribution in [1.29, 1.82) is 0 Å². The van der Waals surface area contributed by atoms with Gasteiger partial charge in [0.15, 0.2) is 17.0 Å². The van der Waals surface area contributed by atoms with Gasteiger partial charge in [-0.2, -0.15) is 0 Å². The van der Waals surface area contributed by atoms with Crippen molar-refractivity contribution in [1.82, 2.24) is 0 Å². The van der Waals surface area contributed by atoms with Gasteiger partial charge < -0.3 is 10.2 Å². The van der Waals surface area contributed by atoms with Gasteiger partial charge in [-0.05, 0) is 0 Å². The smallest absolute Gasteiger partial charge is 0.190 e. The molecule has 8 heteroatoms. The fourth-order valence-electron chi connectivity index (χ4n) is 1.30. The number of fused-ring (bicyclic) bond motifs is 1. The van der Waals surface area contributed by atoms with Gasteiger partial charge in [-0.1, -0.05) is 11.8 Å². The van der Waals surface area contributed by atoms with E-state index in [1.165, 1.54) is 29.9 Å². The highest BCUT2D eigenvalue weighted by molar-refractivity contribution is 8.15. The van der Waals surface area contributed by atoms with Gasteiger partial charge in [0.05, 0.1) is 13.2 Å². The second kappa shape index (κ2) is 6.29. The molecule has 17 heavy (non-hydrogen) atoms. The average molecular weight is 272 g/mol. The molecule has 0 aromatic carbocycles. The summed E-state index contributed by atoms with van der Waals surface area (Å²) in [5, 5.41) is 19.0. The first-order valence-corrected chi connectivity index (χ1v) is 7.06. The summed E-state index contributed by atoms with van der Waals surface area (Å²) in [6, 6.07) is -0.204. The predicted octanol–water partition coefficient (Wildman–Crippen LogP) is 0.0145. The molecule has 0 amide bonds. The molecule has 1 atom stereocenters. The van der Waals surface area contributed by atoms with E-state index in [0.29, 0.717) is 22.5 Å². The highest BCUT2D eigenvalue weighted by Gasteiger charge is 2.28. The number of nitrogens with zero attached hydrogens (tertiary/aromatic N) is 4. The van der Waals surface area contributed by atoms with Crippen molar-refractivity contribution in [2.75, 3.05) is 24.7 Å². The van der Waals surface area contributed by atoms with Gasteiger partial charge >= 0.3 is 0 Å². The second-order valence-electron chi connectivity index (χ2n) is 3.14. The van der Waals surface area contributed by atoms with Crippen LogP contribution in [0.5, 0.6) is 0 Å². The molecule has 0 saturated carbocycles. The normalized spacial score (nSPS) is 22.0. The maximum Gasteiger partial charge on any atom is 0.190 e. The van der Waals surface area contributed by atoms with Crippen LogP contribution in [0.1, 0.15) is 0 Å². The number of thioether (sulfide) groups is 2. The van der Waals surface area contributed by atoms with Gasteiger partial charge in [-0.25, -0.2) is 15.0 Å². The molecule has 2 rings (SSSR count). The Kier molecular flexibility index (Phi) is 4.72. The first-order chi connectivity index (χ1) is 8.35. The lowest BCUT2D eigenvalue weighted by molar-refractivity contribution is 0.322. The van der Waals surface area contributed by atoms with Gasteiger partial charge in [0.2, 0.25) is 0 Å². The number of hydrogen-bond donors (Lipinski definition) is 2. The van der Waals surface area contributed by atoms with E-state index in [9.17, 15) is 0 Å². The van der Waals surface area contributed by atoms with Gasteiger partial charge in [0.25, 0.3) is 0 Å². The molecular weight excluding hydrogens is 260 g/mol. The van der Waals surface area contributed by atoms with E-state index in [4.69, 9.17) is 10.2 Å². The molecule has 2 heterocycles. The highest BCUT2D eigenvalue weighted by Crippen LogP contribution is 2.22. The summed E-state index contributed by atoms with van der Waals surface area (Å²) < 4.78 is 0. The number of aliphatic hydroxyl groups is 2. The summed E-state index contributed by atoms with van der Waals surface area (Å²) in [4.78, 5) is 16.9. The van der Waals surface area contributed by atoms with Crippen LogP contribution in [0.2, 0.25) is 0 Å². The number of hydrogen-bond acceptors (Lipinski definition) is 8. The van der Waals surface area contributed by atoms with Crippen LogP contribution in [0.15, 0.2) is 20.0 Å². The van der Waals surface area contributed by atoms with E-state index in [1.807, 2.05) is 0 Å². The Bertz CT molecular complexity index is 406. The third-order valence-corrected chi connectivity index (χ3v) is 3.79. The summed E-state index contributed by atoms with van der Waals surface area (Å²) in [6.45, 7) is 0.188. The zero-order valence-corrected chi connectivity index (χ0v) is 10.6. The predicted molar refractivity (Wildman–Crippen MR) is 73.7 cm³/mol. The van der Waals surface area contributed by atoms with Crippen molar-refractivity contribution in [2.24, 2.45) is 20.0 Å². The molecule has 1 unspecified atom stereocenters. The second-order valence-corrected chi connectivity index (χ2v) is 5.32. The lowest BCUT2D eigenvalue weighted by Gasteiger charge is -2.16. The largest absolute Gasteiger partial charge is 0.396 e. The van der Waals surface area contributed by atoms with Crippen molar-refractivity contribution in [2.45, 2.75) is 6.04 Å². The number of aliphatic imine (C=N–C) groups is 4. The van der Waals surface area contributed by atoms with E-state index >= 15 is 0 Å². The molecule has 0 fully saturated rings. The zero-order valence-electron chi connectivity index (χ0n) is 8.98. The van der Waals surface area contributed by atoms with E-state index in [-0.39, 0.29) is 19.3 Å². The summed E-state index contributed by atoms with van der Waals surface area (Å²) >= 11 is 2.84. The maximum atomic E-state index is 8.83. The Morgan fingerprint density at radius 1 is 1.12 bits per heavy atom. The third kappa shape index (κ3) is 3.15. The topological polar surface area (TPSA) is 89.9 Å². The molecule has 0 spiro atoms. The molecule has 92 valence electrons.